The van der Waals surface area contributed by atoms with Crippen molar-refractivity contribution in [2.75, 3.05) is 0 Å². The van der Waals surface area contributed by atoms with Gasteiger partial charge < -0.3 is 5.11 Å². The molecule has 24 heavy (non-hydrogen) atoms. The van der Waals surface area contributed by atoms with Gasteiger partial charge in [0.2, 0.25) is 0 Å². The standard InChI is InChI=1S/C15H10Cl2FNO3S.Na/c16-11-3-1-10(2-4-11)7-8-23(21,22)19-15(20)13-6-5-12(18)9-14(13)17;/h1-9H,(H,19,20);/q;+1/p-1/b8-7+;. The predicted octanol–water partition coefficient (Wildman–Crippen LogP) is 0.244. The third kappa shape index (κ3) is 6.20. The molecule has 0 aromatic heterocycles. The summed E-state index contributed by atoms with van der Waals surface area (Å²) in [5.74, 6) is -1.72. The summed E-state index contributed by atoms with van der Waals surface area (Å²) in [6, 6.07) is 9.36. The van der Waals surface area contributed by atoms with E-state index in [0.717, 1.165) is 23.6 Å². The molecule has 0 aliphatic rings. The molecule has 0 bridgehead atoms. The van der Waals surface area contributed by atoms with Crippen LogP contribution in [0.25, 0.3) is 6.08 Å². The molecule has 0 unspecified atom stereocenters. The van der Waals surface area contributed by atoms with E-state index in [1.807, 2.05) is 0 Å². The fraction of sp³-hybridized carbons (Fsp3) is 0. The van der Waals surface area contributed by atoms with Crippen LogP contribution in [0.1, 0.15) is 11.1 Å². The molecule has 0 radical (unpaired) electrons. The summed E-state index contributed by atoms with van der Waals surface area (Å²) in [5, 5.41) is 12.9. The van der Waals surface area contributed by atoms with Crippen molar-refractivity contribution < 1.29 is 47.5 Å². The van der Waals surface area contributed by atoms with Crippen LogP contribution in [0.4, 0.5) is 4.39 Å². The van der Waals surface area contributed by atoms with Crippen molar-refractivity contribution in [1.82, 2.24) is 0 Å². The van der Waals surface area contributed by atoms with Gasteiger partial charge in [0.15, 0.2) is 0 Å². The van der Waals surface area contributed by atoms with Gasteiger partial charge in [-0.1, -0.05) is 35.3 Å². The molecule has 0 saturated carbocycles. The number of sulfonamides is 1. The maximum absolute atomic E-state index is 12.9. The predicted molar refractivity (Wildman–Crippen MR) is 87.4 cm³/mol. The van der Waals surface area contributed by atoms with Crippen molar-refractivity contribution in [3.63, 3.8) is 0 Å². The van der Waals surface area contributed by atoms with Crippen LogP contribution < -0.4 is 34.7 Å². The van der Waals surface area contributed by atoms with E-state index in [2.05, 4.69) is 4.40 Å². The zero-order valence-electron chi connectivity index (χ0n) is 12.4. The number of halogens is 3. The summed E-state index contributed by atoms with van der Waals surface area (Å²) >= 11 is 11.4. The summed E-state index contributed by atoms with van der Waals surface area (Å²) in [4.78, 5) is 0. The van der Waals surface area contributed by atoms with Gasteiger partial charge in [-0.3, -0.25) is 0 Å². The van der Waals surface area contributed by atoms with Crippen molar-refractivity contribution in [2.45, 2.75) is 0 Å². The molecular weight excluding hydrogens is 387 g/mol. The minimum atomic E-state index is -4.15. The van der Waals surface area contributed by atoms with Crippen LogP contribution in [0.2, 0.25) is 10.0 Å². The number of hydrogen-bond acceptors (Lipinski definition) is 3. The summed E-state index contributed by atoms with van der Waals surface area (Å²) < 4.78 is 39.7. The maximum atomic E-state index is 12.9. The first-order valence-corrected chi connectivity index (χ1v) is 8.44. The molecule has 0 N–H and O–H groups in total. The van der Waals surface area contributed by atoms with Gasteiger partial charge in [0.05, 0.1) is 10.4 Å². The van der Waals surface area contributed by atoms with Gasteiger partial charge in [0, 0.05) is 16.5 Å². The van der Waals surface area contributed by atoms with Crippen molar-refractivity contribution in [3.8, 4) is 0 Å². The fourth-order valence-corrected chi connectivity index (χ4v) is 2.69. The zero-order valence-corrected chi connectivity index (χ0v) is 16.7. The molecular formula is C15H9Cl2FNNaO3S. The largest absolute Gasteiger partial charge is 1.00 e. The third-order valence-electron chi connectivity index (χ3n) is 2.67. The second-order valence-electron chi connectivity index (χ2n) is 4.39. The van der Waals surface area contributed by atoms with Gasteiger partial charge >= 0.3 is 29.6 Å². The topological polar surface area (TPSA) is 69.6 Å². The first kappa shape index (κ1) is 21.2. The van der Waals surface area contributed by atoms with Crippen LogP contribution in [0.5, 0.6) is 0 Å². The number of benzene rings is 2. The quantitative estimate of drug-likeness (QED) is 0.423. The van der Waals surface area contributed by atoms with Crippen molar-refractivity contribution >= 4 is 45.2 Å². The SMILES string of the molecule is O=S(=O)(/C=C/c1ccc(Cl)cc1)/N=C(\[O-])c1ccc(F)cc1Cl.[Na+]. The van der Waals surface area contributed by atoms with E-state index in [9.17, 15) is 17.9 Å². The van der Waals surface area contributed by atoms with Crippen LogP contribution in [0, 0.1) is 5.82 Å². The van der Waals surface area contributed by atoms with Gasteiger partial charge in [-0.05, 0) is 42.0 Å². The Kier molecular flexibility index (Phi) is 7.92. The second kappa shape index (κ2) is 8.99. The summed E-state index contributed by atoms with van der Waals surface area (Å²) in [7, 11) is -4.15. The molecule has 2 aromatic carbocycles. The Morgan fingerprint density at radius 1 is 1.12 bits per heavy atom. The first-order chi connectivity index (χ1) is 10.8. The molecule has 120 valence electrons. The molecule has 0 aliphatic heterocycles. The third-order valence-corrected chi connectivity index (χ3v) is 4.14. The molecule has 0 saturated heterocycles. The first-order valence-electron chi connectivity index (χ1n) is 6.18. The van der Waals surface area contributed by atoms with Crippen LogP contribution >= 0.6 is 23.2 Å². The van der Waals surface area contributed by atoms with Crippen molar-refractivity contribution in [1.29, 1.82) is 0 Å². The van der Waals surface area contributed by atoms with Crippen LogP contribution in [0.15, 0.2) is 52.3 Å². The van der Waals surface area contributed by atoms with Gasteiger partial charge in [-0.25, -0.2) is 4.39 Å². The monoisotopic (exact) mass is 395 g/mol. The molecule has 0 atom stereocenters. The summed E-state index contributed by atoms with van der Waals surface area (Å²) in [6.45, 7) is 0. The van der Waals surface area contributed by atoms with Crippen LogP contribution in [-0.2, 0) is 10.0 Å². The average molecular weight is 396 g/mol. The summed E-state index contributed by atoms with van der Waals surface area (Å²) in [5.41, 5.74) is 0.372. The van der Waals surface area contributed by atoms with Gasteiger partial charge in [0.25, 0.3) is 10.0 Å². The van der Waals surface area contributed by atoms with E-state index in [1.165, 1.54) is 6.08 Å². The zero-order chi connectivity index (χ0) is 17.0. The van der Waals surface area contributed by atoms with E-state index in [0.29, 0.717) is 10.6 Å². The Labute approximate surface area is 171 Å². The van der Waals surface area contributed by atoms with E-state index >= 15 is 0 Å². The average Bonchev–Trinajstić information content (AvgIpc) is 2.46. The van der Waals surface area contributed by atoms with Crippen molar-refractivity contribution in [2.24, 2.45) is 4.40 Å². The van der Waals surface area contributed by atoms with E-state index < -0.39 is 21.7 Å². The molecule has 2 rings (SSSR count). The van der Waals surface area contributed by atoms with Gasteiger partial charge in [0.1, 0.15) is 5.82 Å². The molecule has 0 fully saturated rings. The molecule has 0 heterocycles. The second-order valence-corrected chi connectivity index (χ2v) is 6.72. The molecule has 0 amide bonds. The van der Waals surface area contributed by atoms with Gasteiger partial charge in [-0.15, -0.1) is 0 Å². The van der Waals surface area contributed by atoms with E-state index in [4.69, 9.17) is 23.2 Å². The number of nitrogens with zero attached hydrogens (tertiary/aromatic N) is 1. The van der Waals surface area contributed by atoms with Crippen molar-refractivity contribution in [3.05, 3.63) is 74.9 Å². The molecule has 0 spiro atoms. The minimum Gasteiger partial charge on any atom is -0.858 e. The molecule has 0 aliphatic carbocycles. The maximum Gasteiger partial charge on any atom is 1.00 e. The Hall–Kier alpha value is -0.890. The summed E-state index contributed by atoms with van der Waals surface area (Å²) in [6.07, 6.45) is 1.27. The number of rotatable bonds is 4. The van der Waals surface area contributed by atoms with Crippen LogP contribution in [-0.4, -0.2) is 14.3 Å². The Morgan fingerprint density at radius 2 is 1.75 bits per heavy atom. The molecule has 4 nitrogen and oxygen atoms in total. The smallest absolute Gasteiger partial charge is 0.858 e. The Bertz CT molecular complexity index is 884. The Morgan fingerprint density at radius 3 is 2.33 bits per heavy atom. The number of hydrogen-bond donors (Lipinski definition) is 0. The molecule has 9 heteroatoms. The normalized spacial score (nSPS) is 12.2. The van der Waals surface area contributed by atoms with Gasteiger partial charge in [-0.2, -0.15) is 12.8 Å². The van der Waals surface area contributed by atoms with E-state index in [-0.39, 0.29) is 40.1 Å². The van der Waals surface area contributed by atoms with Crippen LogP contribution in [0.3, 0.4) is 0 Å². The Balaban J connectivity index is 0.00000288. The fourth-order valence-electron chi connectivity index (χ4n) is 1.60. The molecule has 2 aromatic rings. The minimum absolute atomic E-state index is 0. The van der Waals surface area contributed by atoms with E-state index in [1.54, 1.807) is 24.3 Å².